The molecule has 0 bridgehead atoms. The van der Waals surface area contributed by atoms with Gasteiger partial charge in [-0.3, -0.25) is 4.98 Å². The molecule has 0 amide bonds. The van der Waals surface area contributed by atoms with Crippen molar-refractivity contribution in [3.63, 3.8) is 0 Å². The number of nitriles is 1. The summed E-state index contributed by atoms with van der Waals surface area (Å²) in [6.07, 6.45) is 1.99. The number of hydrogen-bond donors (Lipinski definition) is 0. The number of pyridine rings is 1. The summed E-state index contributed by atoms with van der Waals surface area (Å²) >= 11 is 0. The van der Waals surface area contributed by atoms with Gasteiger partial charge in [0.2, 0.25) is 0 Å². The van der Waals surface area contributed by atoms with Gasteiger partial charge in [-0.15, -0.1) is 0 Å². The van der Waals surface area contributed by atoms with Crippen LogP contribution in [-0.2, 0) is 0 Å². The first kappa shape index (κ1) is 27.4. The molecule has 10 aromatic rings. The molecule has 0 radical (unpaired) electrons. The quantitative estimate of drug-likeness (QED) is 0.184. The highest BCUT2D eigenvalue weighted by Crippen LogP contribution is 2.42. The standard InChI is InChI=1S/C46H27N3/c47-27-29-11-23-43-40(25-29)41-26-33(17-24-44(41)49(43)35-9-5-2-6-10-35)34-16-22-42(48-28-34)37-19-13-32-14-20-38-36(30-7-3-1-4-8-30)18-12-31-15-21-39(37)46(32)45(31)38/h1-26,28H. The molecular weight excluding hydrogens is 595 g/mol. The van der Waals surface area contributed by atoms with Crippen molar-refractivity contribution < 1.29 is 0 Å². The lowest BCUT2D eigenvalue weighted by atomic mass is 9.88. The number of hydrogen-bond acceptors (Lipinski definition) is 2. The highest BCUT2D eigenvalue weighted by Gasteiger charge is 2.17. The third kappa shape index (κ3) is 4.18. The molecule has 3 heteroatoms. The fourth-order valence-electron chi connectivity index (χ4n) is 7.75. The second kappa shape index (κ2) is 10.6. The van der Waals surface area contributed by atoms with Gasteiger partial charge < -0.3 is 4.57 Å². The third-order valence-corrected chi connectivity index (χ3v) is 10.0. The molecule has 0 saturated heterocycles. The highest BCUT2D eigenvalue weighted by atomic mass is 15.0. The maximum atomic E-state index is 9.69. The Kier molecular flexibility index (Phi) is 5.94. The van der Waals surface area contributed by atoms with Crippen LogP contribution in [0.15, 0.2) is 164 Å². The predicted molar refractivity (Wildman–Crippen MR) is 203 cm³/mol. The molecule has 3 nitrogen and oxygen atoms in total. The Balaban J connectivity index is 1.10. The first-order chi connectivity index (χ1) is 24.2. The van der Waals surface area contributed by atoms with E-state index in [4.69, 9.17) is 4.98 Å². The molecule has 49 heavy (non-hydrogen) atoms. The minimum Gasteiger partial charge on any atom is -0.309 e. The lowest BCUT2D eigenvalue weighted by Gasteiger charge is -2.16. The summed E-state index contributed by atoms with van der Waals surface area (Å²) in [5, 5.41) is 19.4. The van der Waals surface area contributed by atoms with E-state index in [1.807, 2.05) is 24.4 Å². The maximum absolute atomic E-state index is 9.69. The molecule has 0 fully saturated rings. The number of benzene rings is 8. The average molecular weight is 622 g/mol. The van der Waals surface area contributed by atoms with Crippen LogP contribution in [0.25, 0.3) is 93.3 Å². The smallest absolute Gasteiger partial charge is 0.0991 e. The summed E-state index contributed by atoms with van der Waals surface area (Å²) in [5.74, 6) is 0. The van der Waals surface area contributed by atoms with E-state index < -0.39 is 0 Å². The minimum absolute atomic E-state index is 0.653. The van der Waals surface area contributed by atoms with Crippen LogP contribution in [0.4, 0.5) is 0 Å². The lowest BCUT2D eigenvalue weighted by Crippen LogP contribution is -1.93. The average Bonchev–Trinajstić information content (AvgIpc) is 3.50. The van der Waals surface area contributed by atoms with Crippen molar-refractivity contribution in [1.29, 1.82) is 5.26 Å². The number of fused-ring (bicyclic) bond motifs is 3. The van der Waals surface area contributed by atoms with Crippen molar-refractivity contribution in [1.82, 2.24) is 9.55 Å². The van der Waals surface area contributed by atoms with Gasteiger partial charge in [0.15, 0.2) is 0 Å². The van der Waals surface area contributed by atoms with Crippen LogP contribution in [0, 0.1) is 11.3 Å². The van der Waals surface area contributed by atoms with Gasteiger partial charge in [-0.1, -0.05) is 109 Å². The van der Waals surface area contributed by atoms with Crippen LogP contribution >= 0.6 is 0 Å². The van der Waals surface area contributed by atoms with E-state index in [1.165, 1.54) is 43.4 Å². The van der Waals surface area contributed by atoms with Gasteiger partial charge >= 0.3 is 0 Å². The zero-order chi connectivity index (χ0) is 32.5. The SMILES string of the molecule is N#Cc1ccc2c(c1)c1cc(-c3ccc(-c4ccc5ccc6c(-c7ccccc7)ccc7ccc4c5c76)nc3)ccc1n2-c1ccccc1. The molecule has 0 unspecified atom stereocenters. The van der Waals surface area contributed by atoms with Gasteiger partial charge in [0.05, 0.1) is 28.4 Å². The number of aromatic nitrogens is 2. The van der Waals surface area contributed by atoms with Gasteiger partial charge in [0, 0.05) is 33.8 Å². The molecule has 0 spiro atoms. The van der Waals surface area contributed by atoms with Crippen molar-refractivity contribution in [3.05, 3.63) is 169 Å². The Hall–Kier alpha value is -6.76. The van der Waals surface area contributed by atoms with Gasteiger partial charge in [0.25, 0.3) is 0 Å². The summed E-state index contributed by atoms with van der Waals surface area (Å²) in [6, 6.07) is 58.2. The second-order valence-electron chi connectivity index (χ2n) is 12.7. The monoisotopic (exact) mass is 621 g/mol. The molecule has 8 aromatic carbocycles. The molecule has 226 valence electrons. The molecule has 0 aliphatic carbocycles. The molecule has 2 aromatic heterocycles. The zero-order valence-electron chi connectivity index (χ0n) is 26.4. The first-order valence-corrected chi connectivity index (χ1v) is 16.5. The van der Waals surface area contributed by atoms with E-state index in [1.54, 1.807) is 0 Å². The minimum atomic E-state index is 0.653. The predicted octanol–water partition coefficient (Wildman–Crippen LogP) is 11.9. The van der Waals surface area contributed by atoms with E-state index in [9.17, 15) is 5.26 Å². The number of rotatable bonds is 4. The van der Waals surface area contributed by atoms with Crippen LogP contribution in [0.3, 0.4) is 0 Å². The highest BCUT2D eigenvalue weighted by molar-refractivity contribution is 6.27. The van der Waals surface area contributed by atoms with Crippen LogP contribution in [0.5, 0.6) is 0 Å². The number of para-hydroxylation sites is 1. The van der Waals surface area contributed by atoms with Gasteiger partial charge in [-0.2, -0.15) is 5.26 Å². The van der Waals surface area contributed by atoms with Crippen molar-refractivity contribution in [3.8, 4) is 45.3 Å². The largest absolute Gasteiger partial charge is 0.309 e. The Morgan fingerprint density at radius 1 is 0.469 bits per heavy atom. The van der Waals surface area contributed by atoms with E-state index >= 15 is 0 Å². The van der Waals surface area contributed by atoms with Crippen molar-refractivity contribution in [2.24, 2.45) is 0 Å². The molecule has 0 saturated carbocycles. The fraction of sp³-hybridized carbons (Fsp3) is 0. The summed E-state index contributed by atoms with van der Waals surface area (Å²) in [7, 11) is 0. The van der Waals surface area contributed by atoms with Gasteiger partial charge in [0.1, 0.15) is 0 Å². The fourth-order valence-corrected chi connectivity index (χ4v) is 7.75. The third-order valence-electron chi connectivity index (χ3n) is 10.0. The van der Waals surface area contributed by atoms with Crippen LogP contribution in [0.2, 0.25) is 0 Å². The molecule has 0 N–H and O–H groups in total. The summed E-state index contributed by atoms with van der Waals surface area (Å²) < 4.78 is 2.27. The zero-order valence-corrected chi connectivity index (χ0v) is 26.4. The van der Waals surface area contributed by atoms with Crippen molar-refractivity contribution >= 4 is 54.1 Å². The molecular formula is C46H27N3. The lowest BCUT2D eigenvalue weighted by molar-refractivity contribution is 1.18. The Bertz CT molecular complexity index is 2910. The summed E-state index contributed by atoms with van der Waals surface area (Å²) in [5.41, 5.74) is 10.6. The van der Waals surface area contributed by atoms with Gasteiger partial charge in [-0.25, -0.2) is 0 Å². The molecule has 0 atom stereocenters. The second-order valence-corrected chi connectivity index (χ2v) is 12.7. The van der Waals surface area contributed by atoms with E-state index in [0.29, 0.717) is 5.56 Å². The van der Waals surface area contributed by atoms with E-state index in [2.05, 4.69) is 150 Å². The summed E-state index contributed by atoms with van der Waals surface area (Å²) in [6.45, 7) is 0. The Morgan fingerprint density at radius 2 is 1.08 bits per heavy atom. The van der Waals surface area contributed by atoms with Crippen LogP contribution in [-0.4, -0.2) is 9.55 Å². The topological polar surface area (TPSA) is 41.6 Å². The molecule has 2 heterocycles. The van der Waals surface area contributed by atoms with Crippen molar-refractivity contribution in [2.45, 2.75) is 0 Å². The summed E-state index contributed by atoms with van der Waals surface area (Å²) in [4.78, 5) is 5.05. The Morgan fingerprint density at radius 3 is 1.78 bits per heavy atom. The first-order valence-electron chi connectivity index (χ1n) is 16.5. The van der Waals surface area contributed by atoms with E-state index in [0.717, 1.165) is 49.9 Å². The normalized spacial score (nSPS) is 11.7. The molecule has 0 aliphatic heterocycles. The maximum Gasteiger partial charge on any atom is 0.0991 e. The van der Waals surface area contributed by atoms with Crippen LogP contribution < -0.4 is 0 Å². The Labute approximate surface area is 282 Å². The van der Waals surface area contributed by atoms with Crippen molar-refractivity contribution in [2.75, 3.05) is 0 Å². The molecule has 0 aliphatic rings. The number of nitrogens with zero attached hydrogens (tertiary/aromatic N) is 3. The van der Waals surface area contributed by atoms with Crippen LogP contribution in [0.1, 0.15) is 5.56 Å². The van der Waals surface area contributed by atoms with Gasteiger partial charge in [-0.05, 0) is 97.5 Å². The van der Waals surface area contributed by atoms with E-state index in [-0.39, 0.29) is 0 Å². The molecule has 10 rings (SSSR count).